The topological polar surface area (TPSA) is 79.5 Å². The van der Waals surface area contributed by atoms with Crippen molar-refractivity contribution < 1.29 is 14.3 Å². The minimum absolute atomic E-state index is 0.204. The fourth-order valence-corrected chi connectivity index (χ4v) is 2.18. The van der Waals surface area contributed by atoms with Crippen molar-refractivity contribution in [3.63, 3.8) is 0 Å². The van der Waals surface area contributed by atoms with Gasteiger partial charge in [-0.2, -0.15) is 0 Å². The summed E-state index contributed by atoms with van der Waals surface area (Å²) in [5.74, 6) is 0.561. The minimum Gasteiger partial charge on any atom is -0.492 e. The Bertz CT molecular complexity index is 555. The highest BCUT2D eigenvalue weighted by Crippen LogP contribution is 2.11. The van der Waals surface area contributed by atoms with Crippen molar-refractivity contribution in [3.8, 4) is 5.75 Å². The van der Waals surface area contributed by atoms with Crippen LogP contribution in [0.25, 0.3) is 0 Å². The second-order valence-electron chi connectivity index (χ2n) is 4.78. The first kappa shape index (κ1) is 14.9. The van der Waals surface area contributed by atoms with E-state index in [1.807, 2.05) is 30.3 Å². The van der Waals surface area contributed by atoms with E-state index in [-0.39, 0.29) is 18.0 Å². The fourth-order valence-electron chi connectivity index (χ4n) is 2.18. The molecule has 1 aromatic carbocycles. The first-order valence-electron chi connectivity index (χ1n) is 6.82. The molecule has 6 nitrogen and oxygen atoms in total. The van der Waals surface area contributed by atoms with E-state index in [2.05, 4.69) is 16.0 Å². The average molecular weight is 289 g/mol. The predicted octanol–water partition coefficient (Wildman–Crippen LogP) is 1.16. The standard InChI is InChI=1S/C15H19N3O3/c1-10-13(11(2)18-15(20)17-10)14(19)16-8-9-21-12-6-4-3-5-7-12/h3-7,10H,8-9H2,1-2H3,(H,16,19)(H2,17,18,20)/t10-/m1/s1. The van der Waals surface area contributed by atoms with Gasteiger partial charge in [-0.05, 0) is 26.0 Å². The number of hydrogen-bond donors (Lipinski definition) is 3. The molecule has 0 unspecified atom stereocenters. The van der Waals surface area contributed by atoms with Gasteiger partial charge < -0.3 is 20.7 Å². The van der Waals surface area contributed by atoms with Gasteiger partial charge in [-0.15, -0.1) is 0 Å². The molecule has 0 fully saturated rings. The SMILES string of the molecule is CC1=C(C(=O)NCCOc2ccccc2)[C@@H](C)NC(=O)N1. The molecule has 6 heteroatoms. The molecule has 1 aliphatic heterocycles. The average Bonchev–Trinajstić information content (AvgIpc) is 2.43. The van der Waals surface area contributed by atoms with Crippen LogP contribution in [-0.2, 0) is 4.79 Å². The van der Waals surface area contributed by atoms with E-state index < -0.39 is 0 Å². The van der Waals surface area contributed by atoms with Crippen LogP contribution in [0.3, 0.4) is 0 Å². The molecule has 2 rings (SSSR count). The summed E-state index contributed by atoms with van der Waals surface area (Å²) in [5.41, 5.74) is 1.11. The highest BCUT2D eigenvalue weighted by molar-refractivity contribution is 5.98. The highest BCUT2D eigenvalue weighted by Gasteiger charge is 2.26. The number of benzene rings is 1. The van der Waals surface area contributed by atoms with Crippen LogP contribution < -0.4 is 20.7 Å². The molecule has 0 aromatic heterocycles. The summed E-state index contributed by atoms with van der Waals surface area (Å²) >= 11 is 0. The Morgan fingerprint density at radius 1 is 1.33 bits per heavy atom. The molecular formula is C15H19N3O3. The van der Waals surface area contributed by atoms with Gasteiger partial charge in [0.2, 0.25) is 0 Å². The van der Waals surface area contributed by atoms with Gasteiger partial charge in [-0.3, -0.25) is 4.79 Å². The zero-order valence-electron chi connectivity index (χ0n) is 12.1. The monoisotopic (exact) mass is 289 g/mol. The maximum atomic E-state index is 12.1. The van der Waals surface area contributed by atoms with Gasteiger partial charge in [0, 0.05) is 5.70 Å². The summed E-state index contributed by atoms with van der Waals surface area (Å²) in [6.45, 7) is 4.27. The second-order valence-corrected chi connectivity index (χ2v) is 4.78. The number of rotatable bonds is 5. The summed E-state index contributed by atoms with van der Waals surface area (Å²) < 4.78 is 5.50. The molecule has 0 bridgehead atoms. The number of urea groups is 1. The van der Waals surface area contributed by atoms with Crippen LogP contribution in [0.15, 0.2) is 41.6 Å². The van der Waals surface area contributed by atoms with E-state index in [0.29, 0.717) is 24.4 Å². The Labute approximate surface area is 123 Å². The van der Waals surface area contributed by atoms with Crippen LogP contribution in [0, 0.1) is 0 Å². The molecule has 3 N–H and O–H groups in total. The van der Waals surface area contributed by atoms with Crippen molar-refractivity contribution in [2.24, 2.45) is 0 Å². The van der Waals surface area contributed by atoms with Crippen molar-refractivity contribution >= 4 is 11.9 Å². The van der Waals surface area contributed by atoms with Crippen molar-refractivity contribution in [3.05, 3.63) is 41.6 Å². The van der Waals surface area contributed by atoms with Gasteiger partial charge in [-0.1, -0.05) is 18.2 Å². The Kier molecular flexibility index (Phi) is 4.81. The lowest BCUT2D eigenvalue weighted by atomic mass is 10.0. The summed E-state index contributed by atoms with van der Waals surface area (Å²) in [4.78, 5) is 23.4. The molecule has 0 aliphatic carbocycles. The zero-order chi connectivity index (χ0) is 15.2. The summed E-state index contributed by atoms with van der Waals surface area (Å²) in [6, 6.07) is 8.81. The Morgan fingerprint density at radius 2 is 2.05 bits per heavy atom. The number of allylic oxidation sites excluding steroid dienone is 1. The third-order valence-electron chi connectivity index (χ3n) is 3.13. The van der Waals surface area contributed by atoms with E-state index >= 15 is 0 Å². The maximum Gasteiger partial charge on any atom is 0.319 e. The molecule has 1 aliphatic rings. The first-order chi connectivity index (χ1) is 10.1. The fraction of sp³-hybridized carbons (Fsp3) is 0.333. The second kappa shape index (κ2) is 6.78. The normalized spacial score (nSPS) is 17.8. The molecule has 1 heterocycles. The first-order valence-corrected chi connectivity index (χ1v) is 6.82. The molecule has 21 heavy (non-hydrogen) atoms. The quantitative estimate of drug-likeness (QED) is 0.712. The van der Waals surface area contributed by atoms with Gasteiger partial charge in [0.15, 0.2) is 0 Å². The highest BCUT2D eigenvalue weighted by atomic mass is 16.5. The molecule has 112 valence electrons. The third-order valence-corrected chi connectivity index (χ3v) is 3.13. The molecular weight excluding hydrogens is 270 g/mol. The Morgan fingerprint density at radius 3 is 2.71 bits per heavy atom. The van der Waals surface area contributed by atoms with E-state index in [1.165, 1.54) is 0 Å². The minimum atomic E-state index is -0.311. The molecule has 1 atom stereocenters. The lowest BCUT2D eigenvalue weighted by molar-refractivity contribution is -0.118. The van der Waals surface area contributed by atoms with Gasteiger partial charge >= 0.3 is 6.03 Å². The third kappa shape index (κ3) is 3.98. The van der Waals surface area contributed by atoms with E-state index in [1.54, 1.807) is 13.8 Å². The van der Waals surface area contributed by atoms with E-state index in [4.69, 9.17) is 4.74 Å². The summed E-state index contributed by atoms with van der Waals surface area (Å²) in [7, 11) is 0. The predicted molar refractivity (Wildman–Crippen MR) is 78.8 cm³/mol. The van der Waals surface area contributed by atoms with Crippen molar-refractivity contribution in [2.45, 2.75) is 19.9 Å². The number of amides is 3. The van der Waals surface area contributed by atoms with Gasteiger partial charge in [-0.25, -0.2) is 4.79 Å². The van der Waals surface area contributed by atoms with Gasteiger partial charge in [0.25, 0.3) is 5.91 Å². The van der Waals surface area contributed by atoms with Crippen molar-refractivity contribution in [1.29, 1.82) is 0 Å². The van der Waals surface area contributed by atoms with Crippen LogP contribution in [0.4, 0.5) is 4.79 Å². The Hall–Kier alpha value is -2.50. The molecule has 0 spiro atoms. The number of carbonyl (C=O) groups is 2. The Balaban J connectivity index is 1.82. The number of carbonyl (C=O) groups excluding carboxylic acids is 2. The van der Waals surface area contributed by atoms with Crippen LogP contribution >= 0.6 is 0 Å². The number of nitrogens with one attached hydrogen (secondary N) is 3. The molecule has 0 saturated carbocycles. The number of hydrogen-bond acceptors (Lipinski definition) is 3. The molecule has 3 amide bonds. The lowest BCUT2D eigenvalue weighted by Gasteiger charge is -2.25. The van der Waals surface area contributed by atoms with Crippen LogP contribution in [-0.4, -0.2) is 31.1 Å². The van der Waals surface area contributed by atoms with Crippen LogP contribution in [0.1, 0.15) is 13.8 Å². The van der Waals surface area contributed by atoms with Crippen molar-refractivity contribution in [2.75, 3.05) is 13.2 Å². The van der Waals surface area contributed by atoms with Crippen LogP contribution in [0.2, 0.25) is 0 Å². The summed E-state index contributed by atoms with van der Waals surface area (Å²) in [6.07, 6.45) is 0. The molecule has 0 radical (unpaired) electrons. The van der Waals surface area contributed by atoms with Crippen LogP contribution in [0.5, 0.6) is 5.75 Å². The maximum absolute atomic E-state index is 12.1. The van der Waals surface area contributed by atoms with Gasteiger partial charge in [0.1, 0.15) is 12.4 Å². The zero-order valence-corrected chi connectivity index (χ0v) is 12.1. The molecule has 1 aromatic rings. The van der Waals surface area contributed by atoms with Crippen molar-refractivity contribution in [1.82, 2.24) is 16.0 Å². The summed E-state index contributed by atoms with van der Waals surface area (Å²) in [5, 5.41) is 8.04. The van der Waals surface area contributed by atoms with E-state index in [9.17, 15) is 9.59 Å². The van der Waals surface area contributed by atoms with E-state index in [0.717, 1.165) is 5.75 Å². The number of ether oxygens (including phenoxy) is 1. The number of para-hydroxylation sites is 1. The molecule has 0 saturated heterocycles. The largest absolute Gasteiger partial charge is 0.492 e. The smallest absolute Gasteiger partial charge is 0.319 e. The lowest BCUT2D eigenvalue weighted by Crippen LogP contribution is -2.50. The van der Waals surface area contributed by atoms with Gasteiger partial charge in [0.05, 0.1) is 18.2 Å².